The summed E-state index contributed by atoms with van der Waals surface area (Å²) in [6.07, 6.45) is 0.692. The molecular weight excluding hydrogens is 212 g/mol. The molecule has 1 saturated heterocycles. The lowest BCUT2D eigenvalue weighted by atomic mass is 9.95. The number of nitrogens with two attached hydrogens (primary N) is 1. The first-order valence-electron chi connectivity index (χ1n) is 6.34. The average Bonchev–Trinajstić information content (AvgIpc) is 2.32. The molecule has 1 aliphatic rings. The molecule has 0 saturated carbocycles. The van der Waals surface area contributed by atoms with Gasteiger partial charge in [0, 0.05) is 25.3 Å². The van der Waals surface area contributed by atoms with Crippen molar-refractivity contribution in [2.75, 3.05) is 18.0 Å². The van der Waals surface area contributed by atoms with E-state index in [1.807, 2.05) is 0 Å². The average molecular weight is 234 g/mol. The zero-order valence-electron chi connectivity index (χ0n) is 10.7. The molecule has 1 aromatic carbocycles. The van der Waals surface area contributed by atoms with Gasteiger partial charge in [-0.2, -0.15) is 0 Å². The van der Waals surface area contributed by atoms with Crippen LogP contribution in [0, 0.1) is 12.8 Å². The predicted molar refractivity (Wildman–Crippen MR) is 71.1 cm³/mol. The van der Waals surface area contributed by atoms with Crippen molar-refractivity contribution in [1.82, 2.24) is 0 Å². The van der Waals surface area contributed by atoms with Crippen LogP contribution in [0.2, 0.25) is 0 Å². The first-order valence-corrected chi connectivity index (χ1v) is 6.34. The Kier molecular flexibility index (Phi) is 3.69. The maximum absolute atomic E-state index is 9.76. The van der Waals surface area contributed by atoms with Crippen LogP contribution in [-0.4, -0.2) is 24.3 Å². The van der Waals surface area contributed by atoms with Crippen LogP contribution in [0.5, 0.6) is 0 Å². The van der Waals surface area contributed by atoms with Crippen molar-refractivity contribution in [3.63, 3.8) is 0 Å². The highest BCUT2D eigenvalue weighted by Crippen LogP contribution is 2.27. The molecule has 0 aliphatic carbocycles. The molecule has 2 atom stereocenters. The van der Waals surface area contributed by atoms with Crippen LogP contribution in [0.15, 0.2) is 18.2 Å². The van der Waals surface area contributed by atoms with Gasteiger partial charge in [0.25, 0.3) is 0 Å². The number of hydrogen-bond donors (Lipinski definition) is 2. The Morgan fingerprint density at radius 2 is 2.24 bits per heavy atom. The van der Waals surface area contributed by atoms with Crippen LogP contribution in [0.4, 0.5) is 5.69 Å². The molecule has 0 amide bonds. The fourth-order valence-corrected chi connectivity index (χ4v) is 2.54. The third kappa shape index (κ3) is 2.61. The first kappa shape index (κ1) is 12.4. The van der Waals surface area contributed by atoms with Gasteiger partial charge in [-0.25, -0.2) is 0 Å². The van der Waals surface area contributed by atoms with Crippen molar-refractivity contribution in [1.29, 1.82) is 0 Å². The van der Waals surface area contributed by atoms with Gasteiger partial charge in [0.05, 0.1) is 6.10 Å². The van der Waals surface area contributed by atoms with E-state index in [9.17, 15) is 5.11 Å². The monoisotopic (exact) mass is 234 g/mol. The number of aliphatic hydroxyl groups excluding tert-OH is 1. The highest BCUT2D eigenvalue weighted by Gasteiger charge is 2.25. The SMILES string of the molecule is Cc1ccc(N2CCC(O)C(C)C2)c(CN)c1. The lowest BCUT2D eigenvalue weighted by Crippen LogP contribution is -2.42. The molecule has 1 aliphatic heterocycles. The summed E-state index contributed by atoms with van der Waals surface area (Å²) in [5.41, 5.74) is 9.50. The van der Waals surface area contributed by atoms with Gasteiger partial charge in [-0.1, -0.05) is 24.6 Å². The molecule has 0 radical (unpaired) electrons. The molecule has 3 heteroatoms. The van der Waals surface area contributed by atoms with Gasteiger partial charge in [-0.15, -0.1) is 0 Å². The molecule has 1 heterocycles. The molecule has 0 aromatic heterocycles. The number of hydrogen-bond acceptors (Lipinski definition) is 3. The highest BCUT2D eigenvalue weighted by molar-refractivity contribution is 5.55. The fraction of sp³-hybridized carbons (Fsp3) is 0.571. The maximum Gasteiger partial charge on any atom is 0.0599 e. The van der Waals surface area contributed by atoms with E-state index in [1.54, 1.807) is 0 Å². The molecule has 0 spiro atoms. The van der Waals surface area contributed by atoms with Gasteiger partial charge in [0.2, 0.25) is 0 Å². The Morgan fingerprint density at radius 1 is 1.47 bits per heavy atom. The number of aliphatic hydroxyl groups is 1. The summed E-state index contributed by atoms with van der Waals surface area (Å²) >= 11 is 0. The Hall–Kier alpha value is -1.06. The topological polar surface area (TPSA) is 49.5 Å². The van der Waals surface area contributed by atoms with Gasteiger partial charge >= 0.3 is 0 Å². The van der Waals surface area contributed by atoms with Crippen molar-refractivity contribution < 1.29 is 5.11 Å². The molecule has 2 rings (SSSR count). The Balaban J connectivity index is 2.22. The lowest BCUT2D eigenvalue weighted by molar-refractivity contribution is 0.0970. The van der Waals surface area contributed by atoms with E-state index in [0.29, 0.717) is 12.5 Å². The zero-order valence-corrected chi connectivity index (χ0v) is 10.7. The van der Waals surface area contributed by atoms with Crippen molar-refractivity contribution in [3.8, 4) is 0 Å². The predicted octanol–water partition coefficient (Wildman–Crippen LogP) is 1.66. The summed E-state index contributed by atoms with van der Waals surface area (Å²) in [5, 5.41) is 9.76. The number of nitrogens with zero attached hydrogens (tertiary/aromatic N) is 1. The van der Waals surface area contributed by atoms with Gasteiger partial charge < -0.3 is 15.7 Å². The molecule has 94 valence electrons. The van der Waals surface area contributed by atoms with E-state index in [2.05, 4.69) is 36.9 Å². The summed E-state index contributed by atoms with van der Waals surface area (Å²) < 4.78 is 0. The van der Waals surface area contributed by atoms with Gasteiger partial charge in [0.1, 0.15) is 0 Å². The van der Waals surface area contributed by atoms with E-state index in [4.69, 9.17) is 5.73 Å². The largest absolute Gasteiger partial charge is 0.393 e. The van der Waals surface area contributed by atoms with E-state index >= 15 is 0 Å². The minimum Gasteiger partial charge on any atom is -0.393 e. The lowest BCUT2D eigenvalue weighted by Gasteiger charge is -2.37. The Bertz CT molecular complexity index is 392. The number of anilines is 1. The van der Waals surface area contributed by atoms with Crippen LogP contribution in [0.25, 0.3) is 0 Å². The summed E-state index contributed by atoms with van der Waals surface area (Å²) in [5.74, 6) is 0.329. The summed E-state index contributed by atoms with van der Waals surface area (Å²) in [6.45, 7) is 6.60. The normalized spacial score (nSPS) is 25.1. The van der Waals surface area contributed by atoms with E-state index in [-0.39, 0.29) is 6.10 Å². The van der Waals surface area contributed by atoms with Gasteiger partial charge in [0.15, 0.2) is 0 Å². The highest BCUT2D eigenvalue weighted by atomic mass is 16.3. The van der Waals surface area contributed by atoms with E-state index in [1.165, 1.54) is 16.8 Å². The summed E-state index contributed by atoms with van der Waals surface area (Å²) in [6, 6.07) is 6.44. The molecule has 1 aromatic rings. The van der Waals surface area contributed by atoms with Crippen LogP contribution in [0.1, 0.15) is 24.5 Å². The molecule has 0 bridgehead atoms. The second-order valence-corrected chi connectivity index (χ2v) is 5.12. The number of benzene rings is 1. The van der Waals surface area contributed by atoms with Crippen LogP contribution in [0.3, 0.4) is 0 Å². The smallest absolute Gasteiger partial charge is 0.0599 e. The zero-order chi connectivity index (χ0) is 12.4. The third-order valence-electron chi connectivity index (χ3n) is 3.66. The minimum atomic E-state index is -0.155. The number of rotatable bonds is 2. The Morgan fingerprint density at radius 3 is 2.88 bits per heavy atom. The van der Waals surface area contributed by atoms with Gasteiger partial charge in [-0.05, 0) is 30.9 Å². The molecule has 1 fully saturated rings. The van der Waals surface area contributed by atoms with Gasteiger partial charge in [-0.3, -0.25) is 0 Å². The van der Waals surface area contributed by atoms with Crippen molar-refractivity contribution >= 4 is 5.69 Å². The maximum atomic E-state index is 9.76. The summed E-state index contributed by atoms with van der Waals surface area (Å²) in [4.78, 5) is 2.35. The van der Waals surface area contributed by atoms with E-state index in [0.717, 1.165) is 19.5 Å². The molecule has 3 nitrogen and oxygen atoms in total. The Labute approximate surface area is 103 Å². The molecule has 2 unspecified atom stereocenters. The molecule has 17 heavy (non-hydrogen) atoms. The van der Waals surface area contributed by atoms with Crippen molar-refractivity contribution in [3.05, 3.63) is 29.3 Å². The van der Waals surface area contributed by atoms with Crippen LogP contribution in [-0.2, 0) is 6.54 Å². The third-order valence-corrected chi connectivity index (χ3v) is 3.66. The molecule has 3 N–H and O–H groups in total. The standard InChI is InChI=1S/C14H22N2O/c1-10-3-4-13(12(7-10)8-15)16-6-5-14(17)11(2)9-16/h3-4,7,11,14,17H,5-6,8-9,15H2,1-2H3. The van der Waals surface area contributed by atoms with Crippen LogP contribution < -0.4 is 10.6 Å². The second-order valence-electron chi connectivity index (χ2n) is 5.12. The van der Waals surface area contributed by atoms with E-state index < -0.39 is 0 Å². The van der Waals surface area contributed by atoms with Crippen molar-refractivity contribution in [2.45, 2.75) is 32.9 Å². The minimum absolute atomic E-state index is 0.155. The van der Waals surface area contributed by atoms with Crippen molar-refractivity contribution in [2.24, 2.45) is 11.7 Å². The number of aryl methyl sites for hydroxylation is 1. The first-order chi connectivity index (χ1) is 8.11. The quantitative estimate of drug-likeness (QED) is 0.818. The number of piperidine rings is 1. The molecular formula is C14H22N2O. The second kappa shape index (κ2) is 5.07. The summed E-state index contributed by atoms with van der Waals surface area (Å²) in [7, 11) is 0. The van der Waals surface area contributed by atoms with Crippen LogP contribution >= 0.6 is 0 Å². The fourth-order valence-electron chi connectivity index (χ4n) is 2.54.